The monoisotopic (exact) mass is 502 g/mol. The zero-order chi connectivity index (χ0) is 24.6. The van der Waals surface area contributed by atoms with Gasteiger partial charge in [0.2, 0.25) is 0 Å². The normalized spacial score (nSPS) is 21.9. The number of hydrogen-bond donors (Lipinski definition) is 1. The molecule has 1 aliphatic carbocycles. The Hall–Kier alpha value is -1.86. The van der Waals surface area contributed by atoms with Gasteiger partial charge in [0.1, 0.15) is 11.6 Å². The zero-order valence-electron chi connectivity index (χ0n) is 20.9. The number of hydrogen-bond acceptors (Lipinski definition) is 5. The third kappa shape index (κ3) is 7.32. The number of carboxylic acids is 1. The van der Waals surface area contributed by atoms with Gasteiger partial charge in [0, 0.05) is 35.9 Å². The second kappa shape index (κ2) is 12.9. The van der Waals surface area contributed by atoms with Gasteiger partial charge in [-0.1, -0.05) is 19.3 Å². The molecule has 2 heterocycles. The molecular formula is C28H39FN2O3S. The van der Waals surface area contributed by atoms with E-state index in [0.717, 1.165) is 60.8 Å². The number of ether oxygens (including phenoxy) is 1. The lowest BCUT2D eigenvalue weighted by Crippen LogP contribution is -2.42. The fraction of sp³-hybridized carbons (Fsp3) is 0.643. The Bertz CT molecular complexity index is 982. The molecule has 7 heteroatoms. The van der Waals surface area contributed by atoms with Gasteiger partial charge in [-0.05, 0) is 80.7 Å². The highest BCUT2D eigenvalue weighted by Crippen LogP contribution is 2.33. The number of rotatable bonds is 11. The summed E-state index contributed by atoms with van der Waals surface area (Å²) in [5.74, 6) is 1.39. The Labute approximate surface area is 212 Å². The summed E-state index contributed by atoms with van der Waals surface area (Å²) in [7, 11) is 1.61. The summed E-state index contributed by atoms with van der Waals surface area (Å²) in [6, 6.07) is 5.56. The van der Waals surface area contributed by atoms with Crippen LogP contribution in [0.5, 0.6) is 5.75 Å². The largest absolute Gasteiger partial charge is 0.497 e. The molecule has 1 aromatic heterocycles. The minimum absolute atomic E-state index is 0.167. The van der Waals surface area contributed by atoms with Crippen LogP contribution in [0.4, 0.5) is 4.39 Å². The van der Waals surface area contributed by atoms with E-state index in [4.69, 9.17) is 4.74 Å². The molecule has 2 fully saturated rings. The summed E-state index contributed by atoms with van der Waals surface area (Å²) in [5.41, 5.74) is 1.45. The standard InChI is InChI=1S/C28H39FN2O3S/c1-34-22-10-11-27-25(17-22)24(26(29)18-30-27)9-5-6-20-12-13-31(19-21(20)16-28(32)33)14-15-35-23-7-3-2-4-8-23/h10-11,17-18,20-21,23H,2-9,12-16,19H2,1H3,(H,32,33)/t20-,21+/m1/s1. The highest BCUT2D eigenvalue weighted by molar-refractivity contribution is 7.99. The second-order valence-electron chi connectivity index (χ2n) is 10.2. The molecule has 2 atom stereocenters. The summed E-state index contributed by atoms with van der Waals surface area (Å²) in [4.78, 5) is 18.3. The number of methoxy groups -OCH3 is 1. The third-order valence-corrected chi connectivity index (χ3v) is 9.22. The topological polar surface area (TPSA) is 62.7 Å². The van der Waals surface area contributed by atoms with Crippen LogP contribution >= 0.6 is 11.8 Å². The zero-order valence-corrected chi connectivity index (χ0v) is 21.7. The molecule has 0 radical (unpaired) electrons. The Kier molecular flexibility index (Phi) is 9.67. The van der Waals surface area contributed by atoms with E-state index >= 15 is 0 Å². The van der Waals surface area contributed by atoms with Gasteiger partial charge in [0.05, 0.1) is 18.8 Å². The average Bonchev–Trinajstić information content (AvgIpc) is 2.86. The first-order valence-electron chi connectivity index (χ1n) is 13.2. The van der Waals surface area contributed by atoms with Crippen LogP contribution in [0.1, 0.15) is 63.4 Å². The molecule has 0 bridgehead atoms. The number of aromatic nitrogens is 1. The van der Waals surface area contributed by atoms with Gasteiger partial charge in [0.25, 0.3) is 0 Å². The minimum Gasteiger partial charge on any atom is -0.497 e. The first kappa shape index (κ1) is 26.2. The van der Waals surface area contributed by atoms with Crippen molar-refractivity contribution in [3.63, 3.8) is 0 Å². The highest BCUT2D eigenvalue weighted by atomic mass is 32.2. The highest BCUT2D eigenvalue weighted by Gasteiger charge is 2.30. The SMILES string of the molecule is COc1ccc2ncc(F)c(CCC[C@@H]3CCN(CCSC4CCCCC4)C[C@@H]3CC(=O)O)c2c1. The van der Waals surface area contributed by atoms with Crippen LogP contribution in [0.3, 0.4) is 0 Å². The van der Waals surface area contributed by atoms with Crippen molar-refractivity contribution in [2.75, 3.05) is 32.5 Å². The Morgan fingerprint density at radius 1 is 1.23 bits per heavy atom. The van der Waals surface area contributed by atoms with Crippen LogP contribution in [-0.4, -0.2) is 58.7 Å². The molecule has 2 aromatic rings. The first-order chi connectivity index (χ1) is 17.0. The maximum absolute atomic E-state index is 14.7. The van der Waals surface area contributed by atoms with Gasteiger partial charge in [-0.25, -0.2) is 4.39 Å². The van der Waals surface area contributed by atoms with E-state index in [1.165, 1.54) is 38.3 Å². The summed E-state index contributed by atoms with van der Waals surface area (Å²) >= 11 is 2.12. The van der Waals surface area contributed by atoms with Crippen LogP contribution in [0.2, 0.25) is 0 Å². The number of pyridine rings is 1. The van der Waals surface area contributed by atoms with E-state index in [1.807, 2.05) is 18.2 Å². The lowest BCUT2D eigenvalue weighted by Gasteiger charge is -2.38. The van der Waals surface area contributed by atoms with Crippen molar-refractivity contribution in [1.29, 1.82) is 0 Å². The van der Waals surface area contributed by atoms with Gasteiger partial charge in [-0.15, -0.1) is 0 Å². The first-order valence-corrected chi connectivity index (χ1v) is 14.2. The maximum atomic E-state index is 14.7. The molecule has 1 saturated carbocycles. The number of aryl methyl sites for hydroxylation is 1. The maximum Gasteiger partial charge on any atom is 0.303 e. The van der Waals surface area contributed by atoms with Crippen molar-refractivity contribution in [2.24, 2.45) is 11.8 Å². The Morgan fingerprint density at radius 3 is 2.83 bits per heavy atom. The predicted octanol–water partition coefficient (Wildman–Crippen LogP) is 6.18. The number of aliphatic carboxylic acids is 1. The van der Waals surface area contributed by atoms with Crippen LogP contribution in [-0.2, 0) is 11.2 Å². The van der Waals surface area contributed by atoms with E-state index < -0.39 is 5.97 Å². The van der Waals surface area contributed by atoms with Crippen molar-refractivity contribution in [3.8, 4) is 5.75 Å². The molecule has 0 unspecified atom stereocenters. The number of piperidine rings is 1. The van der Waals surface area contributed by atoms with E-state index in [1.54, 1.807) is 7.11 Å². The molecule has 0 amide bonds. The number of halogens is 1. The van der Waals surface area contributed by atoms with Crippen LogP contribution in [0.15, 0.2) is 24.4 Å². The molecule has 1 aliphatic heterocycles. The molecule has 1 aromatic carbocycles. The molecule has 192 valence electrons. The van der Waals surface area contributed by atoms with E-state index in [2.05, 4.69) is 21.6 Å². The molecule has 4 rings (SSSR count). The number of thioether (sulfide) groups is 1. The summed E-state index contributed by atoms with van der Waals surface area (Å²) in [6.45, 7) is 2.96. The third-order valence-electron chi connectivity index (χ3n) is 7.86. The summed E-state index contributed by atoms with van der Waals surface area (Å²) < 4.78 is 20.0. The fourth-order valence-electron chi connectivity index (χ4n) is 5.90. The second-order valence-corrected chi connectivity index (χ2v) is 11.6. The number of carboxylic acid groups (broad SMARTS) is 1. The molecule has 0 spiro atoms. The number of nitrogens with zero attached hydrogens (tertiary/aromatic N) is 2. The molecule has 35 heavy (non-hydrogen) atoms. The van der Waals surface area contributed by atoms with Gasteiger partial charge >= 0.3 is 5.97 Å². The average molecular weight is 503 g/mol. The van der Waals surface area contributed by atoms with Crippen LogP contribution < -0.4 is 4.74 Å². The minimum atomic E-state index is -0.711. The fourth-order valence-corrected chi connectivity index (χ4v) is 7.26. The molecule has 5 nitrogen and oxygen atoms in total. The predicted molar refractivity (Wildman–Crippen MR) is 141 cm³/mol. The van der Waals surface area contributed by atoms with Gasteiger partial charge in [-0.2, -0.15) is 11.8 Å². The smallest absolute Gasteiger partial charge is 0.303 e. The van der Waals surface area contributed by atoms with Gasteiger partial charge in [0.15, 0.2) is 0 Å². The van der Waals surface area contributed by atoms with Crippen molar-refractivity contribution >= 4 is 28.6 Å². The van der Waals surface area contributed by atoms with E-state index in [-0.39, 0.29) is 18.2 Å². The van der Waals surface area contributed by atoms with E-state index in [0.29, 0.717) is 23.7 Å². The summed E-state index contributed by atoms with van der Waals surface area (Å²) in [5, 5.41) is 11.2. The lowest BCUT2D eigenvalue weighted by molar-refractivity contribution is -0.139. The molecule has 1 saturated heterocycles. The van der Waals surface area contributed by atoms with Crippen molar-refractivity contribution in [2.45, 2.75) is 69.5 Å². The van der Waals surface area contributed by atoms with Crippen molar-refractivity contribution in [3.05, 3.63) is 35.8 Å². The molecule has 1 N–H and O–H groups in total. The lowest BCUT2D eigenvalue weighted by atomic mass is 9.80. The van der Waals surface area contributed by atoms with Crippen molar-refractivity contribution in [1.82, 2.24) is 9.88 Å². The number of carbonyl (C=O) groups is 1. The number of benzene rings is 1. The quantitative estimate of drug-likeness (QED) is 0.396. The molecule has 2 aliphatic rings. The van der Waals surface area contributed by atoms with Gasteiger partial charge < -0.3 is 14.7 Å². The van der Waals surface area contributed by atoms with Crippen LogP contribution in [0.25, 0.3) is 10.9 Å². The summed E-state index contributed by atoms with van der Waals surface area (Å²) in [6.07, 6.45) is 11.8. The van der Waals surface area contributed by atoms with Crippen molar-refractivity contribution < 1.29 is 19.0 Å². The van der Waals surface area contributed by atoms with E-state index in [9.17, 15) is 14.3 Å². The Morgan fingerprint density at radius 2 is 2.06 bits per heavy atom. The van der Waals surface area contributed by atoms with Crippen LogP contribution in [0, 0.1) is 17.7 Å². The van der Waals surface area contributed by atoms with Gasteiger partial charge in [-0.3, -0.25) is 9.78 Å². The molecular weight excluding hydrogens is 463 g/mol. The Balaban J connectivity index is 1.31. The number of likely N-dealkylation sites (tertiary alicyclic amines) is 1. The number of fused-ring (bicyclic) bond motifs is 1.